The van der Waals surface area contributed by atoms with Crippen LogP contribution in [-0.4, -0.2) is 18.1 Å². The second-order valence-electron chi connectivity index (χ2n) is 3.02. The van der Waals surface area contributed by atoms with Crippen molar-refractivity contribution in [1.82, 2.24) is 4.98 Å². The summed E-state index contributed by atoms with van der Waals surface area (Å²) in [4.78, 5) is 14.7. The van der Waals surface area contributed by atoms with Gasteiger partial charge in [-0.25, -0.2) is 8.78 Å². The highest BCUT2D eigenvalue weighted by Gasteiger charge is 2.18. The van der Waals surface area contributed by atoms with Crippen molar-refractivity contribution in [1.29, 1.82) is 0 Å². The average molecular weight is 215 g/mol. The van der Waals surface area contributed by atoms with E-state index in [0.717, 1.165) is 0 Å². The number of rotatable bonds is 3. The summed E-state index contributed by atoms with van der Waals surface area (Å²) in [7, 11) is 1.22. The van der Waals surface area contributed by atoms with Crippen molar-refractivity contribution in [2.24, 2.45) is 0 Å². The van der Waals surface area contributed by atoms with E-state index >= 15 is 0 Å². The number of aromatic nitrogens is 1. The highest BCUT2D eigenvalue weighted by Crippen LogP contribution is 2.25. The summed E-state index contributed by atoms with van der Waals surface area (Å²) < 4.78 is 29.7. The Morgan fingerprint density at radius 2 is 2.27 bits per heavy atom. The highest BCUT2D eigenvalue weighted by molar-refractivity contribution is 5.73. The molecule has 0 aliphatic heterocycles. The van der Waals surface area contributed by atoms with Crippen LogP contribution in [0.4, 0.5) is 8.78 Å². The van der Waals surface area contributed by atoms with Gasteiger partial charge in [0.25, 0.3) is 6.43 Å². The number of carbonyl (C=O) groups excluding carboxylic acids is 1. The number of ether oxygens (including phenoxy) is 1. The summed E-state index contributed by atoms with van der Waals surface area (Å²) in [6.07, 6.45) is -1.38. The minimum Gasteiger partial charge on any atom is -0.469 e. The first-order valence-electron chi connectivity index (χ1n) is 4.35. The maximum absolute atomic E-state index is 12.7. The molecule has 0 N–H and O–H groups in total. The van der Waals surface area contributed by atoms with Crippen LogP contribution in [0.25, 0.3) is 0 Å². The molecule has 1 rings (SSSR count). The average Bonchev–Trinajstić information content (AvgIpc) is 2.17. The van der Waals surface area contributed by atoms with Gasteiger partial charge in [-0.2, -0.15) is 0 Å². The molecule has 0 saturated carbocycles. The third-order valence-corrected chi connectivity index (χ3v) is 2.06. The van der Waals surface area contributed by atoms with Gasteiger partial charge in [0.2, 0.25) is 0 Å². The molecule has 0 fully saturated rings. The lowest BCUT2D eigenvalue weighted by Crippen LogP contribution is -2.08. The van der Waals surface area contributed by atoms with Crippen LogP contribution >= 0.6 is 0 Å². The van der Waals surface area contributed by atoms with Gasteiger partial charge < -0.3 is 4.74 Å². The molecule has 0 amide bonds. The molecule has 0 aliphatic carbocycles. The first-order valence-corrected chi connectivity index (χ1v) is 4.35. The Labute approximate surface area is 86.1 Å². The molecule has 3 nitrogen and oxygen atoms in total. The molecule has 0 atom stereocenters. The quantitative estimate of drug-likeness (QED) is 0.724. The number of carbonyl (C=O) groups is 1. The molecule has 1 aromatic rings. The first kappa shape index (κ1) is 11.6. The number of pyridine rings is 1. The Morgan fingerprint density at radius 3 is 2.80 bits per heavy atom. The maximum atomic E-state index is 12.7. The van der Waals surface area contributed by atoms with E-state index in [1.165, 1.54) is 26.3 Å². The van der Waals surface area contributed by atoms with E-state index in [2.05, 4.69) is 9.72 Å². The SMILES string of the molecule is COC(=O)Cc1ccnc(C)c1C(F)F. The topological polar surface area (TPSA) is 39.2 Å². The van der Waals surface area contributed by atoms with Gasteiger partial charge in [0.1, 0.15) is 0 Å². The molecule has 1 heterocycles. The van der Waals surface area contributed by atoms with Crippen molar-refractivity contribution >= 4 is 5.97 Å². The Bertz CT molecular complexity index is 366. The zero-order chi connectivity index (χ0) is 11.4. The third kappa shape index (κ3) is 2.71. The molecule has 0 saturated heterocycles. The Hall–Kier alpha value is -1.52. The fourth-order valence-electron chi connectivity index (χ4n) is 1.31. The highest BCUT2D eigenvalue weighted by atomic mass is 19.3. The Balaban J connectivity index is 3.06. The Kier molecular flexibility index (Phi) is 3.71. The van der Waals surface area contributed by atoms with E-state index < -0.39 is 12.4 Å². The zero-order valence-electron chi connectivity index (χ0n) is 8.46. The lowest BCUT2D eigenvalue weighted by Gasteiger charge is -2.09. The molecule has 0 spiro atoms. The lowest BCUT2D eigenvalue weighted by atomic mass is 10.0. The van der Waals surface area contributed by atoms with Gasteiger partial charge >= 0.3 is 5.97 Å². The molecule has 0 radical (unpaired) electrons. The molecular formula is C10H11F2NO2. The van der Waals surface area contributed by atoms with E-state index in [1.54, 1.807) is 0 Å². The minimum absolute atomic E-state index is 0.153. The second-order valence-corrected chi connectivity index (χ2v) is 3.02. The van der Waals surface area contributed by atoms with Crippen LogP contribution in [0.3, 0.4) is 0 Å². The number of halogens is 2. The Morgan fingerprint density at radius 1 is 1.60 bits per heavy atom. The standard InChI is InChI=1S/C10H11F2NO2/c1-6-9(10(11)12)7(3-4-13-6)5-8(14)15-2/h3-4,10H,5H2,1-2H3. The summed E-state index contributed by atoms with van der Waals surface area (Å²) >= 11 is 0. The van der Waals surface area contributed by atoms with Gasteiger partial charge in [0, 0.05) is 17.5 Å². The fraction of sp³-hybridized carbons (Fsp3) is 0.400. The summed E-state index contributed by atoms with van der Waals surface area (Å²) in [5, 5.41) is 0. The van der Waals surface area contributed by atoms with Crippen molar-refractivity contribution in [3.63, 3.8) is 0 Å². The second kappa shape index (κ2) is 4.82. The molecule has 0 aliphatic rings. The number of alkyl halides is 2. The van der Waals surface area contributed by atoms with Gasteiger partial charge in [0.15, 0.2) is 0 Å². The van der Waals surface area contributed by atoms with E-state index in [1.807, 2.05) is 0 Å². The maximum Gasteiger partial charge on any atom is 0.309 e. The number of aryl methyl sites for hydroxylation is 1. The van der Waals surface area contributed by atoms with Crippen molar-refractivity contribution < 1.29 is 18.3 Å². The predicted molar refractivity (Wildman–Crippen MR) is 49.7 cm³/mol. The van der Waals surface area contributed by atoms with Crippen LogP contribution in [0.1, 0.15) is 23.2 Å². The van der Waals surface area contributed by atoms with Crippen LogP contribution in [-0.2, 0) is 16.0 Å². The summed E-state index contributed by atoms with van der Waals surface area (Å²) in [6, 6.07) is 1.41. The van der Waals surface area contributed by atoms with Gasteiger partial charge in [-0.15, -0.1) is 0 Å². The van der Waals surface area contributed by atoms with Gasteiger partial charge in [-0.05, 0) is 18.6 Å². The fourth-order valence-corrected chi connectivity index (χ4v) is 1.31. The third-order valence-electron chi connectivity index (χ3n) is 2.06. The number of hydrogen-bond donors (Lipinski definition) is 0. The van der Waals surface area contributed by atoms with Gasteiger partial charge in [-0.1, -0.05) is 0 Å². The molecule has 82 valence electrons. The van der Waals surface area contributed by atoms with Crippen LogP contribution in [0.15, 0.2) is 12.3 Å². The van der Waals surface area contributed by atoms with E-state index in [4.69, 9.17) is 0 Å². The summed E-state index contributed by atoms with van der Waals surface area (Å²) in [5.41, 5.74) is 0.332. The molecule has 5 heteroatoms. The molecule has 0 bridgehead atoms. The summed E-state index contributed by atoms with van der Waals surface area (Å²) in [6.45, 7) is 1.49. The zero-order valence-corrected chi connectivity index (χ0v) is 8.46. The predicted octanol–water partition coefficient (Wildman–Crippen LogP) is 2.04. The van der Waals surface area contributed by atoms with Crippen molar-refractivity contribution in [3.05, 3.63) is 29.1 Å². The monoisotopic (exact) mass is 215 g/mol. The summed E-state index contributed by atoms with van der Waals surface area (Å²) in [5.74, 6) is -0.539. The van der Waals surface area contributed by atoms with Crippen LogP contribution in [0.2, 0.25) is 0 Å². The smallest absolute Gasteiger partial charge is 0.309 e. The van der Waals surface area contributed by atoms with Crippen molar-refractivity contribution in [2.45, 2.75) is 19.8 Å². The number of hydrogen-bond acceptors (Lipinski definition) is 3. The van der Waals surface area contributed by atoms with Crippen molar-refractivity contribution in [3.8, 4) is 0 Å². The molecule has 1 aromatic heterocycles. The van der Waals surface area contributed by atoms with E-state index in [0.29, 0.717) is 0 Å². The van der Waals surface area contributed by atoms with Crippen LogP contribution in [0, 0.1) is 6.92 Å². The molecule has 15 heavy (non-hydrogen) atoms. The van der Waals surface area contributed by atoms with E-state index in [9.17, 15) is 13.6 Å². The number of nitrogens with zero attached hydrogens (tertiary/aromatic N) is 1. The minimum atomic E-state index is -2.63. The lowest BCUT2D eigenvalue weighted by molar-refractivity contribution is -0.139. The number of methoxy groups -OCH3 is 1. The van der Waals surface area contributed by atoms with Crippen LogP contribution < -0.4 is 0 Å². The van der Waals surface area contributed by atoms with Crippen LogP contribution in [0.5, 0.6) is 0 Å². The van der Waals surface area contributed by atoms with Crippen molar-refractivity contribution in [2.75, 3.05) is 7.11 Å². The van der Waals surface area contributed by atoms with Gasteiger partial charge in [0.05, 0.1) is 13.5 Å². The van der Waals surface area contributed by atoms with E-state index in [-0.39, 0.29) is 23.2 Å². The molecular weight excluding hydrogens is 204 g/mol. The molecule has 0 unspecified atom stereocenters. The normalized spacial score (nSPS) is 10.5. The van der Waals surface area contributed by atoms with Gasteiger partial charge in [-0.3, -0.25) is 9.78 Å². The first-order chi connectivity index (χ1) is 7.06. The largest absolute Gasteiger partial charge is 0.469 e. The molecule has 0 aromatic carbocycles. The number of esters is 1.